The lowest BCUT2D eigenvalue weighted by Crippen LogP contribution is -2.34. The Bertz CT molecular complexity index is 719. The second-order valence-electron chi connectivity index (χ2n) is 5.27. The van der Waals surface area contributed by atoms with Crippen LogP contribution in [0.25, 0.3) is 10.8 Å². The number of methoxy groups -OCH3 is 1. The molecule has 1 aromatic heterocycles. The largest absolute Gasteiger partial charge is 0.496 e. The van der Waals surface area contributed by atoms with E-state index in [4.69, 9.17) is 10.5 Å². The van der Waals surface area contributed by atoms with E-state index in [2.05, 4.69) is 26.2 Å². The van der Waals surface area contributed by atoms with Crippen LogP contribution >= 0.6 is 15.9 Å². The first-order valence-corrected chi connectivity index (χ1v) is 7.56. The van der Waals surface area contributed by atoms with Crippen molar-refractivity contribution in [1.29, 1.82) is 0 Å². The third kappa shape index (κ3) is 2.94. The Kier molecular flexibility index (Phi) is 4.75. The Balaban J connectivity index is 2.65. The molecule has 22 heavy (non-hydrogen) atoms. The SMILES string of the molecule is COc1ccc(N)c2c(NC(C(=O)O)C(C)C)ncc(Br)c12. The molecule has 1 aromatic carbocycles. The highest BCUT2D eigenvalue weighted by atomic mass is 79.9. The minimum absolute atomic E-state index is 0.107. The van der Waals surface area contributed by atoms with Crippen molar-refractivity contribution in [2.24, 2.45) is 5.92 Å². The van der Waals surface area contributed by atoms with E-state index in [0.717, 1.165) is 9.86 Å². The summed E-state index contributed by atoms with van der Waals surface area (Å²) < 4.78 is 6.09. The first kappa shape index (κ1) is 16.4. The number of nitrogens with two attached hydrogens (primary N) is 1. The van der Waals surface area contributed by atoms with Gasteiger partial charge in [0.2, 0.25) is 0 Å². The summed E-state index contributed by atoms with van der Waals surface area (Å²) in [5, 5.41) is 13.7. The first-order chi connectivity index (χ1) is 10.4. The molecule has 2 rings (SSSR count). The fraction of sp³-hybridized carbons (Fsp3) is 0.333. The van der Waals surface area contributed by atoms with Crippen molar-refractivity contribution in [2.45, 2.75) is 19.9 Å². The van der Waals surface area contributed by atoms with E-state index in [1.807, 2.05) is 13.8 Å². The van der Waals surface area contributed by atoms with Crippen LogP contribution in [0.5, 0.6) is 5.75 Å². The summed E-state index contributed by atoms with van der Waals surface area (Å²) in [6.07, 6.45) is 1.60. The van der Waals surface area contributed by atoms with Crippen LogP contribution in [0, 0.1) is 5.92 Å². The number of aliphatic carboxylic acids is 1. The van der Waals surface area contributed by atoms with Gasteiger partial charge in [-0.15, -0.1) is 0 Å². The van der Waals surface area contributed by atoms with Gasteiger partial charge in [0.15, 0.2) is 0 Å². The van der Waals surface area contributed by atoms with Gasteiger partial charge < -0.3 is 20.9 Å². The van der Waals surface area contributed by atoms with Crippen molar-refractivity contribution < 1.29 is 14.6 Å². The van der Waals surface area contributed by atoms with Crippen LogP contribution in [0.2, 0.25) is 0 Å². The summed E-state index contributed by atoms with van der Waals surface area (Å²) in [4.78, 5) is 15.7. The number of rotatable bonds is 5. The summed E-state index contributed by atoms with van der Waals surface area (Å²) in [5.74, 6) is 0.0211. The average molecular weight is 368 g/mol. The fourth-order valence-electron chi connectivity index (χ4n) is 2.28. The van der Waals surface area contributed by atoms with Crippen molar-refractivity contribution in [2.75, 3.05) is 18.2 Å². The van der Waals surface area contributed by atoms with Gasteiger partial charge in [0.25, 0.3) is 0 Å². The Hall–Kier alpha value is -2.02. The molecule has 2 aromatic rings. The number of hydrogen-bond donors (Lipinski definition) is 3. The molecule has 1 heterocycles. The number of halogens is 1. The van der Waals surface area contributed by atoms with Gasteiger partial charge in [0.1, 0.15) is 17.6 Å². The predicted molar refractivity (Wildman–Crippen MR) is 90.3 cm³/mol. The van der Waals surface area contributed by atoms with Crippen molar-refractivity contribution in [1.82, 2.24) is 4.98 Å². The third-order valence-corrected chi connectivity index (χ3v) is 4.03. The number of aromatic nitrogens is 1. The quantitative estimate of drug-likeness (QED) is 0.702. The molecule has 0 spiro atoms. The molecule has 1 unspecified atom stereocenters. The minimum atomic E-state index is -0.936. The molecule has 0 radical (unpaired) electrons. The van der Waals surface area contributed by atoms with Crippen molar-refractivity contribution >= 4 is 44.2 Å². The van der Waals surface area contributed by atoms with E-state index in [-0.39, 0.29) is 5.92 Å². The van der Waals surface area contributed by atoms with Gasteiger partial charge in [-0.25, -0.2) is 9.78 Å². The molecule has 4 N–H and O–H groups in total. The van der Waals surface area contributed by atoms with Crippen LogP contribution in [0.15, 0.2) is 22.8 Å². The molecule has 0 fully saturated rings. The van der Waals surface area contributed by atoms with Gasteiger partial charge in [-0.2, -0.15) is 0 Å². The van der Waals surface area contributed by atoms with Crippen molar-refractivity contribution in [3.63, 3.8) is 0 Å². The second kappa shape index (κ2) is 6.39. The zero-order chi connectivity index (χ0) is 16.4. The molecule has 0 amide bonds. The Labute approximate surface area is 136 Å². The number of carbonyl (C=O) groups is 1. The second-order valence-corrected chi connectivity index (χ2v) is 6.12. The highest BCUT2D eigenvalue weighted by Crippen LogP contribution is 2.39. The summed E-state index contributed by atoms with van der Waals surface area (Å²) in [6, 6.07) is 2.72. The zero-order valence-corrected chi connectivity index (χ0v) is 14.1. The molecule has 7 heteroatoms. The summed E-state index contributed by atoms with van der Waals surface area (Å²) in [7, 11) is 1.57. The maximum absolute atomic E-state index is 11.4. The lowest BCUT2D eigenvalue weighted by Gasteiger charge is -2.21. The highest BCUT2D eigenvalue weighted by molar-refractivity contribution is 9.10. The number of ether oxygens (including phenoxy) is 1. The van der Waals surface area contributed by atoms with E-state index in [1.165, 1.54) is 0 Å². The Morgan fingerprint density at radius 1 is 1.41 bits per heavy atom. The number of pyridine rings is 1. The Morgan fingerprint density at radius 3 is 2.64 bits per heavy atom. The number of carboxylic acids is 1. The maximum atomic E-state index is 11.4. The standard InChI is InChI=1S/C15H18BrN3O3/c1-7(2)13(15(20)21)19-14-12-9(17)4-5-10(22-3)11(12)8(16)6-18-14/h4-7,13H,17H2,1-3H3,(H,18,19)(H,20,21). The van der Waals surface area contributed by atoms with E-state index < -0.39 is 12.0 Å². The molecular formula is C15H18BrN3O3. The van der Waals surface area contributed by atoms with Gasteiger partial charge in [-0.1, -0.05) is 13.8 Å². The maximum Gasteiger partial charge on any atom is 0.326 e. The number of fused-ring (bicyclic) bond motifs is 1. The predicted octanol–water partition coefficient (Wildman–Crippen LogP) is 3.11. The number of nitrogens with one attached hydrogen (secondary N) is 1. The van der Waals surface area contributed by atoms with Crippen LogP contribution < -0.4 is 15.8 Å². The summed E-state index contributed by atoms with van der Waals surface area (Å²) >= 11 is 3.44. The zero-order valence-electron chi connectivity index (χ0n) is 12.6. The number of anilines is 2. The lowest BCUT2D eigenvalue weighted by molar-refractivity contribution is -0.138. The van der Waals surface area contributed by atoms with Crippen LogP contribution in [-0.4, -0.2) is 29.2 Å². The average Bonchev–Trinajstić information content (AvgIpc) is 2.46. The van der Waals surface area contributed by atoms with Crippen molar-refractivity contribution in [3.05, 3.63) is 22.8 Å². The van der Waals surface area contributed by atoms with E-state index in [0.29, 0.717) is 22.6 Å². The van der Waals surface area contributed by atoms with Gasteiger partial charge in [0, 0.05) is 21.7 Å². The molecule has 0 aliphatic rings. The fourth-order valence-corrected chi connectivity index (χ4v) is 2.78. The summed E-state index contributed by atoms with van der Waals surface area (Å²) in [6.45, 7) is 3.66. The smallest absolute Gasteiger partial charge is 0.326 e. The molecule has 0 aliphatic carbocycles. The van der Waals surface area contributed by atoms with E-state index in [9.17, 15) is 9.90 Å². The molecule has 0 saturated heterocycles. The topological polar surface area (TPSA) is 97.5 Å². The molecular weight excluding hydrogens is 350 g/mol. The van der Waals surface area contributed by atoms with Crippen LogP contribution in [-0.2, 0) is 4.79 Å². The highest BCUT2D eigenvalue weighted by Gasteiger charge is 2.23. The minimum Gasteiger partial charge on any atom is -0.496 e. The van der Waals surface area contributed by atoms with Crippen molar-refractivity contribution in [3.8, 4) is 5.75 Å². The molecule has 0 aliphatic heterocycles. The third-order valence-electron chi connectivity index (χ3n) is 3.43. The molecule has 0 bridgehead atoms. The summed E-state index contributed by atoms with van der Waals surface area (Å²) in [5.41, 5.74) is 6.57. The van der Waals surface area contributed by atoms with Crippen LogP contribution in [0.3, 0.4) is 0 Å². The van der Waals surface area contributed by atoms with E-state index >= 15 is 0 Å². The molecule has 6 nitrogen and oxygen atoms in total. The van der Waals surface area contributed by atoms with Crippen LogP contribution in [0.1, 0.15) is 13.8 Å². The molecule has 1 atom stereocenters. The lowest BCUT2D eigenvalue weighted by atomic mass is 10.0. The number of benzene rings is 1. The number of carboxylic acid groups (broad SMARTS) is 1. The normalized spacial score (nSPS) is 12.4. The first-order valence-electron chi connectivity index (χ1n) is 6.76. The number of nitrogen functional groups attached to an aromatic ring is 1. The Morgan fingerprint density at radius 2 is 2.09 bits per heavy atom. The monoisotopic (exact) mass is 367 g/mol. The van der Waals surface area contributed by atoms with E-state index in [1.54, 1.807) is 25.4 Å². The molecule has 0 saturated carbocycles. The van der Waals surface area contributed by atoms with Gasteiger partial charge in [-0.05, 0) is 34.0 Å². The van der Waals surface area contributed by atoms with Gasteiger partial charge in [0.05, 0.1) is 12.5 Å². The molecule has 118 valence electrons. The van der Waals surface area contributed by atoms with Crippen LogP contribution in [0.4, 0.5) is 11.5 Å². The van der Waals surface area contributed by atoms with Gasteiger partial charge in [-0.3, -0.25) is 0 Å². The number of hydrogen-bond acceptors (Lipinski definition) is 5. The van der Waals surface area contributed by atoms with Gasteiger partial charge >= 0.3 is 5.97 Å². The number of nitrogens with zero attached hydrogens (tertiary/aromatic N) is 1.